The standard InChI is InChI=1S/C18H39N3O2/c1-2-3-4-5-6-7-8-9-10-11-12-13-14-15-16-17-19-21-20-18(22)23/h19-21H,2-17H2,1H3,(H,22,23). The Labute approximate surface area is 142 Å². The molecule has 0 saturated carbocycles. The lowest BCUT2D eigenvalue weighted by atomic mass is 10.0. The van der Waals surface area contributed by atoms with Crippen molar-refractivity contribution in [3.63, 3.8) is 0 Å². The van der Waals surface area contributed by atoms with E-state index in [1.807, 2.05) is 0 Å². The molecule has 0 aromatic carbocycles. The summed E-state index contributed by atoms with van der Waals surface area (Å²) in [5.41, 5.74) is 7.31. The summed E-state index contributed by atoms with van der Waals surface area (Å²) in [5, 5.41) is 8.33. The zero-order valence-electron chi connectivity index (χ0n) is 15.2. The largest absolute Gasteiger partial charge is 0.464 e. The molecular weight excluding hydrogens is 290 g/mol. The van der Waals surface area contributed by atoms with Crippen LogP contribution in [0.15, 0.2) is 0 Å². The van der Waals surface area contributed by atoms with Crippen LogP contribution in [0.3, 0.4) is 0 Å². The van der Waals surface area contributed by atoms with E-state index in [0.717, 1.165) is 13.0 Å². The van der Waals surface area contributed by atoms with Crippen molar-refractivity contribution in [2.24, 2.45) is 0 Å². The Morgan fingerprint density at radius 2 is 1.09 bits per heavy atom. The first kappa shape index (κ1) is 22.2. The van der Waals surface area contributed by atoms with Crippen LogP contribution in [0, 0.1) is 0 Å². The van der Waals surface area contributed by atoms with Gasteiger partial charge in [-0.1, -0.05) is 96.8 Å². The molecule has 0 bridgehead atoms. The topological polar surface area (TPSA) is 73.4 Å². The van der Waals surface area contributed by atoms with E-state index in [0.29, 0.717) is 0 Å². The van der Waals surface area contributed by atoms with Gasteiger partial charge in [0.1, 0.15) is 0 Å². The minimum atomic E-state index is -1.08. The van der Waals surface area contributed by atoms with E-state index in [2.05, 4.69) is 23.3 Å². The molecule has 4 N–H and O–H groups in total. The Balaban J connectivity index is 2.96. The van der Waals surface area contributed by atoms with Crippen LogP contribution >= 0.6 is 0 Å². The molecule has 23 heavy (non-hydrogen) atoms. The highest BCUT2D eigenvalue weighted by Crippen LogP contribution is 2.13. The molecule has 0 fully saturated rings. The third kappa shape index (κ3) is 21.2. The molecule has 0 heterocycles. The first-order chi connectivity index (χ1) is 11.3. The second kappa shape index (κ2) is 19.2. The molecule has 0 aliphatic heterocycles. The van der Waals surface area contributed by atoms with Crippen LogP contribution in [0.1, 0.15) is 103 Å². The van der Waals surface area contributed by atoms with Crippen LogP contribution < -0.4 is 16.4 Å². The molecule has 0 aliphatic carbocycles. The van der Waals surface area contributed by atoms with Crippen molar-refractivity contribution in [1.82, 2.24) is 16.4 Å². The normalized spacial score (nSPS) is 10.8. The summed E-state index contributed by atoms with van der Waals surface area (Å²) in [6, 6.07) is 0. The molecule has 0 radical (unpaired) electrons. The number of carboxylic acid groups (broad SMARTS) is 1. The van der Waals surface area contributed by atoms with Crippen LogP contribution in [-0.4, -0.2) is 17.7 Å². The number of nitrogens with one attached hydrogen (secondary N) is 3. The predicted molar refractivity (Wildman–Crippen MR) is 97.2 cm³/mol. The first-order valence-corrected chi connectivity index (χ1v) is 9.74. The van der Waals surface area contributed by atoms with Crippen molar-refractivity contribution < 1.29 is 9.90 Å². The fourth-order valence-corrected chi connectivity index (χ4v) is 2.74. The van der Waals surface area contributed by atoms with Gasteiger partial charge in [0.15, 0.2) is 0 Å². The van der Waals surface area contributed by atoms with Gasteiger partial charge in [-0.15, -0.1) is 0 Å². The molecule has 1 amide bonds. The summed E-state index contributed by atoms with van der Waals surface area (Å²) in [6.07, 6.45) is 19.3. The zero-order valence-corrected chi connectivity index (χ0v) is 15.2. The van der Waals surface area contributed by atoms with Crippen LogP contribution in [0.2, 0.25) is 0 Å². The second-order valence-electron chi connectivity index (χ2n) is 6.43. The summed E-state index contributed by atoms with van der Waals surface area (Å²) in [4.78, 5) is 10.2. The number of hydrogen-bond acceptors (Lipinski definition) is 3. The third-order valence-electron chi connectivity index (χ3n) is 4.16. The molecule has 0 aliphatic rings. The van der Waals surface area contributed by atoms with E-state index >= 15 is 0 Å². The van der Waals surface area contributed by atoms with Gasteiger partial charge in [0, 0.05) is 6.54 Å². The number of rotatable bonds is 18. The summed E-state index contributed by atoms with van der Waals surface area (Å²) in [5.74, 6) is 0. The lowest BCUT2D eigenvalue weighted by Gasteiger charge is -2.06. The maximum absolute atomic E-state index is 10.2. The van der Waals surface area contributed by atoms with Gasteiger partial charge in [0.05, 0.1) is 0 Å². The highest BCUT2D eigenvalue weighted by Gasteiger charge is 1.95. The Morgan fingerprint density at radius 1 is 0.696 bits per heavy atom. The first-order valence-electron chi connectivity index (χ1n) is 9.74. The monoisotopic (exact) mass is 329 g/mol. The van der Waals surface area contributed by atoms with Crippen molar-refractivity contribution in [3.8, 4) is 0 Å². The van der Waals surface area contributed by atoms with Crippen LogP contribution in [0.25, 0.3) is 0 Å². The van der Waals surface area contributed by atoms with Crippen molar-refractivity contribution in [3.05, 3.63) is 0 Å². The van der Waals surface area contributed by atoms with E-state index in [-0.39, 0.29) is 0 Å². The molecule has 0 saturated heterocycles. The van der Waals surface area contributed by atoms with Crippen molar-refractivity contribution in [2.45, 2.75) is 103 Å². The van der Waals surface area contributed by atoms with Crippen LogP contribution in [-0.2, 0) is 0 Å². The van der Waals surface area contributed by atoms with Crippen molar-refractivity contribution >= 4 is 6.09 Å². The van der Waals surface area contributed by atoms with Crippen LogP contribution in [0.4, 0.5) is 4.79 Å². The lowest BCUT2D eigenvalue weighted by Crippen LogP contribution is -2.46. The van der Waals surface area contributed by atoms with Gasteiger partial charge in [0.25, 0.3) is 0 Å². The fraction of sp³-hybridized carbons (Fsp3) is 0.944. The molecule has 5 nitrogen and oxygen atoms in total. The summed E-state index contributed by atoms with van der Waals surface area (Å²) in [7, 11) is 0. The fourth-order valence-electron chi connectivity index (χ4n) is 2.74. The minimum Gasteiger partial charge on any atom is -0.464 e. The SMILES string of the molecule is CCCCCCCCCCCCCCCCCNNNC(=O)O. The van der Waals surface area contributed by atoms with E-state index in [1.165, 1.54) is 89.9 Å². The molecule has 5 heteroatoms. The Morgan fingerprint density at radius 3 is 1.48 bits per heavy atom. The highest BCUT2D eigenvalue weighted by molar-refractivity contribution is 5.63. The smallest absolute Gasteiger partial charge is 0.420 e. The Hall–Kier alpha value is -0.810. The van der Waals surface area contributed by atoms with Crippen molar-refractivity contribution in [1.29, 1.82) is 0 Å². The number of hydrogen-bond donors (Lipinski definition) is 4. The van der Waals surface area contributed by atoms with Gasteiger partial charge < -0.3 is 5.11 Å². The Bertz CT molecular complexity index is 250. The maximum Gasteiger partial charge on any atom is 0.420 e. The van der Waals surface area contributed by atoms with Gasteiger partial charge in [-0.2, -0.15) is 5.53 Å². The van der Waals surface area contributed by atoms with E-state index in [9.17, 15) is 4.79 Å². The average molecular weight is 330 g/mol. The molecular formula is C18H39N3O2. The number of carbonyl (C=O) groups is 1. The van der Waals surface area contributed by atoms with E-state index < -0.39 is 6.09 Å². The summed E-state index contributed by atoms with van der Waals surface area (Å²) < 4.78 is 0. The van der Waals surface area contributed by atoms with E-state index in [1.54, 1.807) is 0 Å². The average Bonchev–Trinajstić information content (AvgIpc) is 2.53. The minimum absolute atomic E-state index is 0.790. The van der Waals surface area contributed by atoms with Gasteiger partial charge in [0.2, 0.25) is 0 Å². The van der Waals surface area contributed by atoms with Crippen LogP contribution in [0.5, 0.6) is 0 Å². The third-order valence-corrected chi connectivity index (χ3v) is 4.16. The number of amides is 1. The molecule has 0 aromatic heterocycles. The van der Waals surface area contributed by atoms with Gasteiger partial charge in [-0.05, 0) is 6.42 Å². The molecule has 0 aromatic rings. The molecule has 0 atom stereocenters. The van der Waals surface area contributed by atoms with Gasteiger partial charge in [-0.3, -0.25) is 0 Å². The summed E-state index contributed by atoms with van der Waals surface area (Å²) >= 11 is 0. The highest BCUT2D eigenvalue weighted by atomic mass is 16.4. The number of unbranched alkanes of at least 4 members (excludes halogenated alkanes) is 14. The predicted octanol–water partition coefficient (Wildman–Crippen LogP) is 5.13. The number of hydrazine groups is 2. The lowest BCUT2D eigenvalue weighted by molar-refractivity contribution is 0.185. The quantitative estimate of drug-likeness (QED) is 0.208. The zero-order chi connectivity index (χ0) is 17.0. The second-order valence-corrected chi connectivity index (χ2v) is 6.43. The Kier molecular flexibility index (Phi) is 18.6. The van der Waals surface area contributed by atoms with Gasteiger partial charge >= 0.3 is 6.09 Å². The van der Waals surface area contributed by atoms with Crippen molar-refractivity contribution in [2.75, 3.05) is 6.54 Å². The maximum atomic E-state index is 10.2. The summed E-state index contributed by atoms with van der Waals surface area (Å²) in [6.45, 7) is 3.06. The molecule has 0 rings (SSSR count). The van der Waals surface area contributed by atoms with Gasteiger partial charge in [-0.25, -0.2) is 15.6 Å². The molecule has 138 valence electrons. The van der Waals surface area contributed by atoms with E-state index in [4.69, 9.17) is 5.11 Å². The molecule has 0 spiro atoms. The molecule has 0 unspecified atom stereocenters.